The van der Waals surface area contributed by atoms with Crippen LogP contribution in [0.5, 0.6) is 0 Å². The van der Waals surface area contributed by atoms with Gasteiger partial charge < -0.3 is 10.2 Å². The lowest BCUT2D eigenvalue weighted by Gasteiger charge is -2.27. The quantitative estimate of drug-likeness (QED) is 0.839. The monoisotopic (exact) mass is 277 g/mol. The molecule has 1 heterocycles. The van der Waals surface area contributed by atoms with E-state index in [9.17, 15) is 4.79 Å². The van der Waals surface area contributed by atoms with E-state index >= 15 is 0 Å². The van der Waals surface area contributed by atoms with Crippen LogP contribution in [0.2, 0.25) is 0 Å². The first-order chi connectivity index (χ1) is 9.61. The van der Waals surface area contributed by atoms with E-state index in [0.717, 1.165) is 13.0 Å². The molecule has 112 valence electrons. The SMILES string of the molecule is CC(C)CN(CCC#N)C(=O)C1CC2CCCCC2N1. The van der Waals surface area contributed by atoms with Gasteiger partial charge in [-0.1, -0.05) is 26.7 Å². The zero-order valence-corrected chi connectivity index (χ0v) is 12.8. The molecule has 3 atom stereocenters. The van der Waals surface area contributed by atoms with Gasteiger partial charge in [0.1, 0.15) is 0 Å². The Morgan fingerprint density at radius 3 is 2.80 bits per heavy atom. The van der Waals surface area contributed by atoms with Crippen LogP contribution in [0.4, 0.5) is 0 Å². The number of rotatable bonds is 5. The molecule has 0 aromatic rings. The zero-order valence-electron chi connectivity index (χ0n) is 12.8. The van der Waals surface area contributed by atoms with E-state index in [1.54, 1.807) is 0 Å². The van der Waals surface area contributed by atoms with Crippen LogP contribution < -0.4 is 5.32 Å². The highest BCUT2D eigenvalue weighted by atomic mass is 16.2. The molecule has 0 aromatic carbocycles. The number of nitrogens with zero attached hydrogens (tertiary/aromatic N) is 2. The number of nitrogens with one attached hydrogen (secondary N) is 1. The van der Waals surface area contributed by atoms with Crippen molar-refractivity contribution in [3.8, 4) is 6.07 Å². The number of carbonyl (C=O) groups excluding carboxylic acids is 1. The molecule has 2 rings (SSSR count). The fourth-order valence-corrected chi connectivity index (χ4v) is 3.65. The summed E-state index contributed by atoms with van der Waals surface area (Å²) in [6.07, 6.45) is 6.51. The summed E-state index contributed by atoms with van der Waals surface area (Å²) in [6, 6.07) is 2.69. The molecule has 1 aliphatic carbocycles. The van der Waals surface area contributed by atoms with Crippen LogP contribution in [0.1, 0.15) is 52.4 Å². The molecule has 0 spiro atoms. The summed E-state index contributed by atoms with van der Waals surface area (Å²) >= 11 is 0. The fourth-order valence-electron chi connectivity index (χ4n) is 3.65. The molecule has 20 heavy (non-hydrogen) atoms. The van der Waals surface area contributed by atoms with Crippen molar-refractivity contribution in [2.45, 2.75) is 64.5 Å². The van der Waals surface area contributed by atoms with Crippen LogP contribution in [-0.2, 0) is 4.79 Å². The standard InChI is InChI=1S/C16H27N3O/c1-12(2)11-19(9-5-8-17)16(20)15-10-13-6-3-4-7-14(13)18-15/h12-15,18H,3-7,9-11H2,1-2H3. The molecule has 0 radical (unpaired) electrons. The molecule has 4 nitrogen and oxygen atoms in total. The Balaban J connectivity index is 1.94. The van der Waals surface area contributed by atoms with Crippen molar-refractivity contribution < 1.29 is 4.79 Å². The van der Waals surface area contributed by atoms with Crippen molar-refractivity contribution in [2.75, 3.05) is 13.1 Å². The van der Waals surface area contributed by atoms with Crippen molar-refractivity contribution >= 4 is 5.91 Å². The molecule has 1 amide bonds. The van der Waals surface area contributed by atoms with Crippen LogP contribution in [0.15, 0.2) is 0 Å². The van der Waals surface area contributed by atoms with Crippen molar-refractivity contribution in [1.82, 2.24) is 10.2 Å². The topological polar surface area (TPSA) is 56.1 Å². The van der Waals surface area contributed by atoms with Crippen molar-refractivity contribution in [3.63, 3.8) is 0 Å². The van der Waals surface area contributed by atoms with Gasteiger partial charge in [0.2, 0.25) is 5.91 Å². The summed E-state index contributed by atoms with van der Waals surface area (Å²) in [7, 11) is 0. The number of hydrogen-bond acceptors (Lipinski definition) is 3. The van der Waals surface area contributed by atoms with Crippen molar-refractivity contribution in [1.29, 1.82) is 5.26 Å². The molecular formula is C16H27N3O. The van der Waals surface area contributed by atoms with Crippen LogP contribution in [0.3, 0.4) is 0 Å². The molecular weight excluding hydrogens is 250 g/mol. The highest BCUT2D eigenvalue weighted by Gasteiger charge is 2.39. The van der Waals surface area contributed by atoms with E-state index in [-0.39, 0.29) is 11.9 Å². The summed E-state index contributed by atoms with van der Waals surface area (Å²) in [5, 5.41) is 12.3. The van der Waals surface area contributed by atoms with Crippen LogP contribution in [-0.4, -0.2) is 36.0 Å². The second-order valence-corrected chi connectivity index (χ2v) is 6.69. The van der Waals surface area contributed by atoms with Crippen molar-refractivity contribution in [3.05, 3.63) is 0 Å². The summed E-state index contributed by atoms with van der Waals surface area (Å²) in [4.78, 5) is 14.6. The first-order valence-electron chi connectivity index (χ1n) is 8.03. The van der Waals surface area contributed by atoms with Gasteiger partial charge in [-0.2, -0.15) is 5.26 Å². The second kappa shape index (κ2) is 7.08. The highest BCUT2D eigenvalue weighted by molar-refractivity contribution is 5.82. The van der Waals surface area contributed by atoms with Gasteiger partial charge in [-0.05, 0) is 31.1 Å². The fraction of sp³-hybridized carbons (Fsp3) is 0.875. The van der Waals surface area contributed by atoms with Crippen LogP contribution >= 0.6 is 0 Å². The van der Waals surface area contributed by atoms with E-state index < -0.39 is 0 Å². The molecule has 3 unspecified atom stereocenters. The summed E-state index contributed by atoms with van der Waals surface area (Å²) < 4.78 is 0. The Kier molecular flexibility index (Phi) is 5.42. The number of hydrogen-bond donors (Lipinski definition) is 1. The third-order valence-electron chi connectivity index (χ3n) is 4.55. The zero-order chi connectivity index (χ0) is 14.5. The lowest BCUT2D eigenvalue weighted by Crippen LogP contribution is -2.47. The summed E-state index contributed by atoms with van der Waals surface area (Å²) in [5.41, 5.74) is 0. The summed E-state index contributed by atoms with van der Waals surface area (Å²) in [6.45, 7) is 5.57. The Hall–Kier alpha value is -1.08. The summed E-state index contributed by atoms with van der Waals surface area (Å²) in [5.74, 6) is 1.35. The Morgan fingerprint density at radius 1 is 1.40 bits per heavy atom. The Bertz CT molecular complexity index is 360. The molecule has 2 fully saturated rings. The second-order valence-electron chi connectivity index (χ2n) is 6.69. The van der Waals surface area contributed by atoms with Gasteiger partial charge in [0.05, 0.1) is 18.5 Å². The minimum Gasteiger partial charge on any atom is -0.340 e. The van der Waals surface area contributed by atoms with Gasteiger partial charge in [-0.3, -0.25) is 4.79 Å². The molecule has 1 N–H and O–H groups in total. The van der Waals surface area contributed by atoms with E-state index in [1.165, 1.54) is 25.7 Å². The number of fused-ring (bicyclic) bond motifs is 1. The molecule has 0 aromatic heterocycles. The molecule has 1 saturated carbocycles. The van der Waals surface area contributed by atoms with Crippen molar-refractivity contribution in [2.24, 2.45) is 11.8 Å². The molecule has 0 bridgehead atoms. The minimum atomic E-state index is -0.0134. The van der Waals surface area contributed by atoms with Gasteiger partial charge >= 0.3 is 0 Å². The average Bonchev–Trinajstić information content (AvgIpc) is 2.86. The predicted molar refractivity (Wildman–Crippen MR) is 78.9 cm³/mol. The lowest BCUT2D eigenvalue weighted by molar-refractivity contribution is -0.133. The van der Waals surface area contributed by atoms with Gasteiger partial charge in [-0.15, -0.1) is 0 Å². The van der Waals surface area contributed by atoms with E-state index in [4.69, 9.17) is 5.26 Å². The highest BCUT2D eigenvalue weighted by Crippen LogP contribution is 2.33. The molecule has 1 saturated heterocycles. The predicted octanol–water partition coefficient (Wildman–Crippen LogP) is 2.31. The van der Waals surface area contributed by atoms with E-state index in [1.807, 2.05) is 4.90 Å². The van der Waals surface area contributed by atoms with Gasteiger partial charge in [0, 0.05) is 19.1 Å². The third-order valence-corrected chi connectivity index (χ3v) is 4.55. The van der Waals surface area contributed by atoms with Gasteiger partial charge in [0.25, 0.3) is 0 Å². The molecule has 1 aliphatic heterocycles. The average molecular weight is 277 g/mol. The Labute approximate surface area is 122 Å². The van der Waals surface area contributed by atoms with E-state index in [0.29, 0.717) is 30.8 Å². The minimum absolute atomic E-state index is 0.0134. The van der Waals surface area contributed by atoms with Gasteiger partial charge in [0.15, 0.2) is 0 Å². The number of nitriles is 1. The first-order valence-corrected chi connectivity index (χ1v) is 8.03. The van der Waals surface area contributed by atoms with Crippen LogP contribution in [0.25, 0.3) is 0 Å². The number of amides is 1. The smallest absolute Gasteiger partial charge is 0.239 e. The molecule has 4 heteroatoms. The van der Waals surface area contributed by atoms with Crippen LogP contribution in [0, 0.1) is 23.2 Å². The molecule has 2 aliphatic rings. The maximum atomic E-state index is 12.7. The number of carbonyl (C=O) groups is 1. The first kappa shape index (κ1) is 15.3. The van der Waals surface area contributed by atoms with E-state index in [2.05, 4.69) is 25.2 Å². The maximum absolute atomic E-state index is 12.7. The Morgan fingerprint density at radius 2 is 2.15 bits per heavy atom. The van der Waals surface area contributed by atoms with Gasteiger partial charge in [-0.25, -0.2) is 0 Å². The maximum Gasteiger partial charge on any atom is 0.239 e. The largest absolute Gasteiger partial charge is 0.340 e. The lowest BCUT2D eigenvalue weighted by atomic mass is 9.85. The normalized spacial score (nSPS) is 29.0. The third kappa shape index (κ3) is 3.73.